The number of rotatable bonds is 6. The lowest BCUT2D eigenvalue weighted by atomic mass is 10.1. The summed E-state index contributed by atoms with van der Waals surface area (Å²) in [7, 11) is 0. The van der Waals surface area contributed by atoms with Crippen molar-refractivity contribution in [3.05, 3.63) is 89.7 Å². The van der Waals surface area contributed by atoms with Gasteiger partial charge in [0, 0.05) is 37.1 Å². The minimum absolute atomic E-state index is 0.208. The van der Waals surface area contributed by atoms with Crippen LogP contribution in [0.2, 0.25) is 0 Å². The first-order valence-electron chi connectivity index (χ1n) is 8.89. The van der Waals surface area contributed by atoms with Gasteiger partial charge in [0.05, 0.1) is 5.56 Å². The summed E-state index contributed by atoms with van der Waals surface area (Å²) in [5.74, 6) is -0.770. The van der Waals surface area contributed by atoms with E-state index in [4.69, 9.17) is 4.74 Å². The molecule has 0 spiro atoms. The fourth-order valence-electron chi connectivity index (χ4n) is 2.63. The van der Waals surface area contributed by atoms with E-state index >= 15 is 0 Å². The number of benzene rings is 2. The van der Waals surface area contributed by atoms with E-state index in [0.717, 1.165) is 5.56 Å². The lowest BCUT2D eigenvalue weighted by Gasteiger charge is -2.12. The van der Waals surface area contributed by atoms with Gasteiger partial charge in [0.25, 0.3) is 11.8 Å². The molecule has 7 heteroatoms. The number of nitrogens with one attached hydrogen (secondary N) is 2. The van der Waals surface area contributed by atoms with Gasteiger partial charge in [-0.25, -0.2) is 0 Å². The van der Waals surface area contributed by atoms with Gasteiger partial charge in [-0.15, -0.1) is 0 Å². The standard InChI is InChI=1S/C22H19N3O4/c1-15(26)29-19-9-4-7-16(12-19)21(27)24-14-17-6-2-3-10-20(17)25-22(28)18-8-5-11-23-13-18/h2-13H,14H2,1H3,(H,24,27)(H,25,28). The molecule has 2 aromatic carbocycles. The second-order valence-corrected chi connectivity index (χ2v) is 6.16. The zero-order valence-corrected chi connectivity index (χ0v) is 15.7. The average molecular weight is 389 g/mol. The maximum atomic E-state index is 12.5. The van der Waals surface area contributed by atoms with E-state index < -0.39 is 5.97 Å². The molecule has 0 fully saturated rings. The topological polar surface area (TPSA) is 97.4 Å². The van der Waals surface area contributed by atoms with Crippen LogP contribution in [0.3, 0.4) is 0 Å². The summed E-state index contributed by atoms with van der Waals surface area (Å²) in [5, 5.41) is 5.64. The van der Waals surface area contributed by atoms with Crippen LogP contribution in [0.4, 0.5) is 5.69 Å². The van der Waals surface area contributed by atoms with Gasteiger partial charge >= 0.3 is 5.97 Å². The molecule has 0 bridgehead atoms. The first-order chi connectivity index (χ1) is 14.0. The number of carbonyl (C=O) groups excluding carboxylic acids is 3. The number of carbonyl (C=O) groups is 3. The Hall–Kier alpha value is -4.00. The number of hydrogen-bond donors (Lipinski definition) is 2. The van der Waals surface area contributed by atoms with Crippen molar-refractivity contribution in [2.24, 2.45) is 0 Å². The molecule has 1 aromatic heterocycles. The fourth-order valence-corrected chi connectivity index (χ4v) is 2.63. The second kappa shape index (κ2) is 9.27. The molecule has 3 rings (SSSR count). The lowest BCUT2D eigenvalue weighted by Crippen LogP contribution is -2.24. The molecule has 29 heavy (non-hydrogen) atoms. The quantitative estimate of drug-likeness (QED) is 0.498. The van der Waals surface area contributed by atoms with Gasteiger partial charge in [0.1, 0.15) is 5.75 Å². The van der Waals surface area contributed by atoms with Crippen molar-refractivity contribution in [3.63, 3.8) is 0 Å². The van der Waals surface area contributed by atoms with Crippen molar-refractivity contribution in [1.82, 2.24) is 10.3 Å². The van der Waals surface area contributed by atoms with E-state index in [1.165, 1.54) is 19.2 Å². The van der Waals surface area contributed by atoms with Crippen molar-refractivity contribution in [3.8, 4) is 5.75 Å². The average Bonchev–Trinajstić information content (AvgIpc) is 2.73. The van der Waals surface area contributed by atoms with Crippen LogP contribution in [0, 0.1) is 0 Å². The molecule has 0 saturated carbocycles. The number of amides is 2. The maximum Gasteiger partial charge on any atom is 0.308 e. The third-order valence-corrected chi connectivity index (χ3v) is 3.99. The molecule has 0 aliphatic heterocycles. The fraction of sp³-hybridized carbons (Fsp3) is 0.0909. The van der Waals surface area contributed by atoms with E-state index in [1.54, 1.807) is 48.7 Å². The number of anilines is 1. The second-order valence-electron chi connectivity index (χ2n) is 6.16. The Bertz CT molecular complexity index is 1030. The van der Waals surface area contributed by atoms with Crippen LogP contribution in [0.5, 0.6) is 5.75 Å². The summed E-state index contributed by atoms with van der Waals surface area (Å²) in [6, 6.07) is 16.9. The molecular formula is C22H19N3O4. The molecule has 1 heterocycles. The van der Waals surface area contributed by atoms with E-state index in [0.29, 0.717) is 22.6 Å². The summed E-state index contributed by atoms with van der Waals surface area (Å²) >= 11 is 0. The summed E-state index contributed by atoms with van der Waals surface area (Å²) in [5.41, 5.74) is 2.14. The summed E-state index contributed by atoms with van der Waals surface area (Å²) in [6.07, 6.45) is 3.08. The van der Waals surface area contributed by atoms with E-state index in [1.807, 2.05) is 12.1 Å². The highest BCUT2D eigenvalue weighted by atomic mass is 16.5. The van der Waals surface area contributed by atoms with Crippen molar-refractivity contribution in [1.29, 1.82) is 0 Å². The number of nitrogens with zero attached hydrogens (tertiary/aromatic N) is 1. The third kappa shape index (κ3) is 5.49. The maximum absolute atomic E-state index is 12.5. The molecule has 0 atom stereocenters. The number of ether oxygens (including phenoxy) is 1. The van der Waals surface area contributed by atoms with Gasteiger partial charge in [0.15, 0.2) is 0 Å². The van der Waals surface area contributed by atoms with Crippen LogP contribution < -0.4 is 15.4 Å². The molecule has 0 saturated heterocycles. The first-order valence-corrected chi connectivity index (χ1v) is 8.89. The van der Waals surface area contributed by atoms with Gasteiger partial charge in [-0.1, -0.05) is 24.3 Å². The van der Waals surface area contributed by atoms with Crippen LogP contribution in [0.25, 0.3) is 0 Å². The van der Waals surface area contributed by atoms with E-state index in [2.05, 4.69) is 15.6 Å². The number of hydrogen-bond acceptors (Lipinski definition) is 5. The van der Waals surface area contributed by atoms with E-state index in [-0.39, 0.29) is 18.4 Å². The van der Waals surface area contributed by atoms with Gasteiger partial charge in [-0.05, 0) is 42.0 Å². The minimum atomic E-state index is -0.458. The monoisotopic (exact) mass is 389 g/mol. The van der Waals surface area contributed by atoms with Crippen molar-refractivity contribution >= 4 is 23.5 Å². The summed E-state index contributed by atoms with van der Waals surface area (Å²) < 4.78 is 5.00. The molecule has 0 aliphatic rings. The number of esters is 1. The number of para-hydroxylation sites is 1. The zero-order chi connectivity index (χ0) is 20.6. The molecule has 0 radical (unpaired) electrons. The number of pyridine rings is 1. The molecular weight excluding hydrogens is 370 g/mol. The predicted octanol–water partition coefficient (Wildman–Crippen LogP) is 3.19. The van der Waals surface area contributed by atoms with Crippen LogP contribution >= 0.6 is 0 Å². The molecule has 0 unspecified atom stereocenters. The highest BCUT2D eigenvalue weighted by Gasteiger charge is 2.11. The molecule has 7 nitrogen and oxygen atoms in total. The van der Waals surface area contributed by atoms with Crippen molar-refractivity contribution in [2.45, 2.75) is 13.5 Å². The highest BCUT2D eigenvalue weighted by Crippen LogP contribution is 2.17. The summed E-state index contributed by atoms with van der Waals surface area (Å²) in [4.78, 5) is 39.8. The molecule has 146 valence electrons. The van der Waals surface area contributed by atoms with Crippen molar-refractivity contribution < 1.29 is 19.1 Å². The van der Waals surface area contributed by atoms with E-state index in [9.17, 15) is 14.4 Å². The van der Waals surface area contributed by atoms with Gasteiger partial charge in [-0.2, -0.15) is 0 Å². The zero-order valence-electron chi connectivity index (χ0n) is 15.7. The van der Waals surface area contributed by atoms with Gasteiger partial charge < -0.3 is 15.4 Å². The van der Waals surface area contributed by atoms with Crippen LogP contribution in [-0.4, -0.2) is 22.8 Å². The minimum Gasteiger partial charge on any atom is -0.427 e. The predicted molar refractivity (Wildman–Crippen MR) is 108 cm³/mol. The first kappa shape index (κ1) is 19.8. The van der Waals surface area contributed by atoms with Gasteiger partial charge in [0.2, 0.25) is 0 Å². The Morgan fingerprint density at radius 2 is 1.72 bits per heavy atom. The summed E-state index contributed by atoms with van der Waals surface area (Å²) in [6.45, 7) is 1.50. The lowest BCUT2D eigenvalue weighted by molar-refractivity contribution is -0.131. The normalized spacial score (nSPS) is 10.1. The van der Waals surface area contributed by atoms with Crippen LogP contribution in [0.15, 0.2) is 73.1 Å². The Morgan fingerprint density at radius 1 is 0.931 bits per heavy atom. The SMILES string of the molecule is CC(=O)Oc1cccc(C(=O)NCc2ccccc2NC(=O)c2cccnc2)c1. The van der Waals surface area contributed by atoms with Gasteiger partial charge in [-0.3, -0.25) is 19.4 Å². The van der Waals surface area contributed by atoms with Crippen LogP contribution in [0.1, 0.15) is 33.2 Å². The Kier molecular flexibility index (Phi) is 6.32. The van der Waals surface area contributed by atoms with Crippen LogP contribution in [-0.2, 0) is 11.3 Å². The molecule has 2 N–H and O–H groups in total. The Morgan fingerprint density at radius 3 is 2.48 bits per heavy atom. The molecule has 3 aromatic rings. The Balaban J connectivity index is 1.67. The molecule has 0 aliphatic carbocycles. The largest absolute Gasteiger partial charge is 0.427 e. The Labute approximate surface area is 167 Å². The highest BCUT2D eigenvalue weighted by molar-refractivity contribution is 6.04. The van der Waals surface area contributed by atoms with Crippen molar-refractivity contribution in [2.75, 3.05) is 5.32 Å². The number of aromatic nitrogens is 1. The third-order valence-electron chi connectivity index (χ3n) is 3.99. The smallest absolute Gasteiger partial charge is 0.308 e. The molecule has 2 amide bonds.